The van der Waals surface area contributed by atoms with E-state index in [0.717, 1.165) is 45.0 Å². The Hall–Kier alpha value is -3.34. The van der Waals surface area contributed by atoms with Crippen molar-refractivity contribution in [2.45, 2.75) is 26.9 Å². The zero-order chi connectivity index (χ0) is 18.5. The van der Waals surface area contributed by atoms with E-state index in [-0.39, 0.29) is 5.56 Å². The maximum absolute atomic E-state index is 13.4. The molecule has 0 saturated carbocycles. The standard InChI is InChI=1S/C22H20N4O/c1-3-26-18-7-5-4-6-16(18)21-19(26)9-8-15-10-11-25(22(27)20(15)21)12-17-14(2)23-13-24-17/h4-11,13H,3,12H2,1-2H3,(H,23,24). The van der Waals surface area contributed by atoms with Crippen LogP contribution in [0.2, 0.25) is 0 Å². The number of rotatable bonds is 3. The lowest BCUT2D eigenvalue weighted by molar-refractivity contribution is 0.747. The number of benzene rings is 2. The molecule has 1 N–H and O–H groups in total. The van der Waals surface area contributed by atoms with Gasteiger partial charge >= 0.3 is 0 Å². The van der Waals surface area contributed by atoms with Crippen LogP contribution >= 0.6 is 0 Å². The number of aromatic nitrogens is 4. The number of aryl methyl sites for hydroxylation is 2. The van der Waals surface area contributed by atoms with Crippen molar-refractivity contribution in [3.05, 3.63) is 76.7 Å². The van der Waals surface area contributed by atoms with Crippen LogP contribution in [0, 0.1) is 6.92 Å². The first-order chi connectivity index (χ1) is 13.2. The molecule has 0 aliphatic heterocycles. The summed E-state index contributed by atoms with van der Waals surface area (Å²) >= 11 is 0. The highest BCUT2D eigenvalue weighted by molar-refractivity contribution is 6.20. The Kier molecular flexibility index (Phi) is 3.44. The molecule has 5 heteroatoms. The predicted octanol–water partition coefficient (Wildman–Crippen LogP) is 4.21. The molecular formula is C22H20N4O. The molecule has 0 saturated heterocycles. The highest BCUT2D eigenvalue weighted by Crippen LogP contribution is 2.33. The second kappa shape index (κ2) is 5.84. The number of aromatic amines is 1. The Morgan fingerprint density at radius 1 is 1.04 bits per heavy atom. The summed E-state index contributed by atoms with van der Waals surface area (Å²) in [6.45, 7) is 5.44. The van der Waals surface area contributed by atoms with Crippen LogP contribution in [0.15, 0.2) is 59.8 Å². The van der Waals surface area contributed by atoms with Crippen LogP contribution in [-0.2, 0) is 13.1 Å². The third kappa shape index (κ3) is 2.24. The zero-order valence-corrected chi connectivity index (χ0v) is 15.4. The monoisotopic (exact) mass is 356 g/mol. The van der Waals surface area contributed by atoms with E-state index in [0.29, 0.717) is 6.54 Å². The average Bonchev–Trinajstić information content (AvgIpc) is 3.24. The minimum Gasteiger partial charge on any atom is -0.348 e. The van der Waals surface area contributed by atoms with E-state index in [4.69, 9.17) is 0 Å². The van der Waals surface area contributed by atoms with Crippen molar-refractivity contribution >= 4 is 32.6 Å². The fourth-order valence-corrected chi connectivity index (χ4v) is 4.08. The Bertz CT molecular complexity index is 1370. The number of nitrogens with zero attached hydrogens (tertiary/aromatic N) is 3. The molecule has 5 rings (SSSR count). The Labute approximate surface area is 155 Å². The second-order valence-corrected chi connectivity index (χ2v) is 6.91. The van der Waals surface area contributed by atoms with Crippen molar-refractivity contribution in [1.29, 1.82) is 0 Å². The van der Waals surface area contributed by atoms with Crippen molar-refractivity contribution in [2.75, 3.05) is 0 Å². The molecule has 0 atom stereocenters. The van der Waals surface area contributed by atoms with Gasteiger partial charge in [-0.2, -0.15) is 0 Å². The molecule has 0 spiro atoms. The van der Waals surface area contributed by atoms with E-state index in [1.54, 1.807) is 10.9 Å². The number of para-hydroxylation sites is 1. The number of H-pyrrole nitrogens is 1. The van der Waals surface area contributed by atoms with Gasteiger partial charge in [0.1, 0.15) is 0 Å². The normalized spacial score (nSPS) is 11.8. The highest BCUT2D eigenvalue weighted by Gasteiger charge is 2.15. The van der Waals surface area contributed by atoms with Crippen LogP contribution in [0.1, 0.15) is 18.3 Å². The van der Waals surface area contributed by atoms with E-state index >= 15 is 0 Å². The molecule has 0 aliphatic rings. The van der Waals surface area contributed by atoms with Gasteiger partial charge in [0.05, 0.1) is 24.0 Å². The molecule has 0 bridgehead atoms. The molecule has 0 aliphatic carbocycles. The molecule has 5 aromatic rings. The minimum atomic E-state index is 0.0273. The molecule has 0 amide bonds. The van der Waals surface area contributed by atoms with E-state index in [1.807, 2.05) is 37.4 Å². The summed E-state index contributed by atoms with van der Waals surface area (Å²) in [6, 6.07) is 14.5. The SMILES string of the molecule is CCn1c2ccccc2c2c3c(=O)n(Cc4nc[nH]c4C)ccc3ccc21. The second-order valence-electron chi connectivity index (χ2n) is 6.91. The smallest absolute Gasteiger partial charge is 0.259 e. The highest BCUT2D eigenvalue weighted by atomic mass is 16.1. The largest absolute Gasteiger partial charge is 0.348 e. The average molecular weight is 356 g/mol. The fraction of sp³-hybridized carbons (Fsp3) is 0.182. The zero-order valence-electron chi connectivity index (χ0n) is 15.4. The van der Waals surface area contributed by atoms with Crippen molar-refractivity contribution in [2.24, 2.45) is 0 Å². The number of imidazole rings is 1. The Morgan fingerprint density at radius 3 is 2.67 bits per heavy atom. The molecular weight excluding hydrogens is 336 g/mol. The Balaban J connectivity index is 1.88. The lowest BCUT2D eigenvalue weighted by atomic mass is 10.1. The molecule has 0 radical (unpaired) electrons. The lowest BCUT2D eigenvalue weighted by Crippen LogP contribution is -2.20. The van der Waals surface area contributed by atoms with Crippen molar-refractivity contribution in [3.8, 4) is 0 Å². The van der Waals surface area contributed by atoms with Gasteiger partial charge in [-0.25, -0.2) is 4.98 Å². The van der Waals surface area contributed by atoms with Gasteiger partial charge in [0.25, 0.3) is 5.56 Å². The van der Waals surface area contributed by atoms with Crippen LogP contribution in [0.25, 0.3) is 32.6 Å². The van der Waals surface area contributed by atoms with Gasteiger partial charge in [-0.3, -0.25) is 4.79 Å². The summed E-state index contributed by atoms with van der Waals surface area (Å²) in [5.74, 6) is 0. The summed E-state index contributed by atoms with van der Waals surface area (Å²) < 4.78 is 4.03. The number of fused-ring (bicyclic) bond motifs is 5. The molecule has 0 fully saturated rings. The molecule has 3 heterocycles. The van der Waals surface area contributed by atoms with Gasteiger partial charge in [0.15, 0.2) is 0 Å². The third-order valence-corrected chi connectivity index (χ3v) is 5.45. The third-order valence-electron chi connectivity index (χ3n) is 5.45. The molecule has 3 aromatic heterocycles. The maximum Gasteiger partial charge on any atom is 0.259 e. The first-order valence-electron chi connectivity index (χ1n) is 9.21. The number of pyridine rings is 1. The summed E-state index contributed by atoms with van der Waals surface area (Å²) in [6.07, 6.45) is 3.54. The number of hydrogen-bond donors (Lipinski definition) is 1. The summed E-state index contributed by atoms with van der Waals surface area (Å²) in [4.78, 5) is 20.9. The van der Waals surface area contributed by atoms with Crippen molar-refractivity contribution in [3.63, 3.8) is 0 Å². The minimum absolute atomic E-state index is 0.0273. The van der Waals surface area contributed by atoms with Crippen molar-refractivity contribution < 1.29 is 0 Å². The maximum atomic E-state index is 13.4. The van der Waals surface area contributed by atoms with E-state index in [2.05, 4.69) is 39.7 Å². The van der Waals surface area contributed by atoms with Crippen LogP contribution in [-0.4, -0.2) is 19.1 Å². The van der Waals surface area contributed by atoms with E-state index < -0.39 is 0 Å². The van der Waals surface area contributed by atoms with Crippen molar-refractivity contribution in [1.82, 2.24) is 19.1 Å². The number of hydrogen-bond acceptors (Lipinski definition) is 2. The topological polar surface area (TPSA) is 55.6 Å². The predicted molar refractivity (Wildman–Crippen MR) is 109 cm³/mol. The van der Waals surface area contributed by atoms with Gasteiger partial charge in [-0.1, -0.05) is 24.3 Å². The molecule has 27 heavy (non-hydrogen) atoms. The summed E-state index contributed by atoms with van der Waals surface area (Å²) in [5, 5.41) is 3.93. The first kappa shape index (κ1) is 15.9. The Morgan fingerprint density at radius 2 is 1.89 bits per heavy atom. The van der Waals surface area contributed by atoms with Crippen LogP contribution in [0.5, 0.6) is 0 Å². The van der Waals surface area contributed by atoms with Crippen LogP contribution < -0.4 is 5.56 Å². The van der Waals surface area contributed by atoms with Crippen LogP contribution in [0.4, 0.5) is 0 Å². The first-order valence-corrected chi connectivity index (χ1v) is 9.21. The van der Waals surface area contributed by atoms with Gasteiger partial charge in [-0.15, -0.1) is 0 Å². The van der Waals surface area contributed by atoms with Gasteiger partial charge in [0, 0.05) is 40.2 Å². The van der Waals surface area contributed by atoms with Gasteiger partial charge < -0.3 is 14.1 Å². The van der Waals surface area contributed by atoms with Gasteiger partial charge in [0.2, 0.25) is 0 Å². The van der Waals surface area contributed by atoms with E-state index in [9.17, 15) is 4.79 Å². The quantitative estimate of drug-likeness (QED) is 0.526. The lowest BCUT2D eigenvalue weighted by Gasteiger charge is -2.08. The molecule has 2 aromatic carbocycles. The molecule has 5 nitrogen and oxygen atoms in total. The fourth-order valence-electron chi connectivity index (χ4n) is 4.08. The van der Waals surface area contributed by atoms with Gasteiger partial charge in [-0.05, 0) is 37.4 Å². The molecule has 134 valence electrons. The van der Waals surface area contributed by atoms with E-state index in [1.165, 1.54) is 5.52 Å². The summed E-state index contributed by atoms with van der Waals surface area (Å²) in [7, 11) is 0. The van der Waals surface area contributed by atoms with Crippen LogP contribution in [0.3, 0.4) is 0 Å². The number of nitrogens with one attached hydrogen (secondary N) is 1. The molecule has 0 unspecified atom stereocenters. The summed E-state index contributed by atoms with van der Waals surface area (Å²) in [5.41, 5.74) is 4.18.